The molecule has 0 amide bonds. The summed E-state index contributed by atoms with van der Waals surface area (Å²) in [5.74, 6) is 1.00. The van der Waals surface area contributed by atoms with Gasteiger partial charge in [-0.1, -0.05) is 36.8 Å². The second-order valence-corrected chi connectivity index (χ2v) is 4.96. The number of guanidine groups is 1. The number of aryl methyl sites for hydroxylation is 1. The van der Waals surface area contributed by atoms with Crippen molar-refractivity contribution in [2.24, 2.45) is 10.7 Å². The number of benzene rings is 1. The Morgan fingerprint density at radius 3 is 2.94 bits per heavy atom. The third-order valence-electron chi connectivity index (χ3n) is 3.08. The van der Waals surface area contributed by atoms with Crippen molar-refractivity contribution in [1.82, 2.24) is 5.32 Å². The molecule has 3 N–H and O–H groups in total. The quantitative estimate of drug-likeness (QED) is 0.616. The molecule has 0 bridgehead atoms. The van der Waals surface area contributed by atoms with Gasteiger partial charge in [0.15, 0.2) is 5.96 Å². The van der Waals surface area contributed by atoms with E-state index < -0.39 is 0 Å². The summed E-state index contributed by atoms with van der Waals surface area (Å²) >= 11 is 0. The molecular formula is C14H21N3. The standard InChI is InChI=1S/C14H21N3/c1-10-4-3-5-12(8-10)11(2)9-16-14(15)17-13-6-7-13/h3-5,8,11,13H,6-7,9H2,1-2H3,(H3,15,16,17). The van der Waals surface area contributed by atoms with Gasteiger partial charge < -0.3 is 11.1 Å². The Morgan fingerprint density at radius 1 is 1.53 bits per heavy atom. The Balaban J connectivity index is 1.89. The van der Waals surface area contributed by atoms with Crippen LogP contribution in [0.2, 0.25) is 0 Å². The average Bonchev–Trinajstić information content (AvgIpc) is 3.10. The summed E-state index contributed by atoms with van der Waals surface area (Å²) in [5.41, 5.74) is 8.43. The van der Waals surface area contributed by atoms with E-state index in [0.29, 0.717) is 17.9 Å². The lowest BCUT2D eigenvalue weighted by atomic mass is 10.00. The molecule has 92 valence electrons. The van der Waals surface area contributed by atoms with Crippen LogP contribution in [0.4, 0.5) is 0 Å². The molecule has 1 saturated carbocycles. The summed E-state index contributed by atoms with van der Waals surface area (Å²) in [5, 5.41) is 3.20. The molecule has 3 heteroatoms. The molecule has 1 atom stereocenters. The van der Waals surface area contributed by atoms with E-state index in [1.807, 2.05) is 0 Å². The number of nitrogens with two attached hydrogens (primary N) is 1. The Morgan fingerprint density at radius 2 is 2.29 bits per heavy atom. The van der Waals surface area contributed by atoms with Crippen molar-refractivity contribution >= 4 is 5.96 Å². The third kappa shape index (κ3) is 3.77. The highest BCUT2D eigenvalue weighted by molar-refractivity contribution is 5.78. The second-order valence-electron chi connectivity index (χ2n) is 4.96. The highest BCUT2D eigenvalue weighted by Gasteiger charge is 2.21. The van der Waals surface area contributed by atoms with Crippen molar-refractivity contribution in [3.8, 4) is 0 Å². The molecule has 3 nitrogen and oxygen atoms in total. The molecule has 0 aromatic heterocycles. The maximum Gasteiger partial charge on any atom is 0.188 e. The van der Waals surface area contributed by atoms with Crippen LogP contribution in [0, 0.1) is 6.92 Å². The largest absolute Gasteiger partial charge is 0.370 e. The van der Waals surface area contributed by atoms with E-state index in [1.54, 1.807) is 0 Å². The van der Waals surface area contributed by atoms with Crippen LogP contribution < -0.4 is 11.1 Å². The number of aliphatic imine (C=N–C) groups is 1. The molecule has 1 aromatic rings. The van der Waals surface area contributed by atoms with Gasteiger partial charge in [0.1, 0.15) is 0 Å². The van der Waals surface area contributed by atoms with Crippen LogP contribution >= 0.6 is 0 Å². The first-order valence-corrected chi connectivity index (χ1v) is 6.28. The molecule has 0 saturated heterocycles. The molecule has 0 radical (unpaired) electrons. The monoisotopic (exact) mass is 231 g/mol. The first kappa shape index (κ1) is 12.0. The Hall–Kier alpha value is -1.51. The first-order valence-electron chi connectivity index (χ1n) is 6.28. The van der Waals surface area contributed by atoms with Gasteiger partial charge in [0.2, 0.25) is 0 Å². The van der Waals surface area contributed by atoms with Gasteiger partial charge in [0.05, 0.1) is 0 Å². The molecule has 17 heavy (non-hydrogen) atoms. The lowest BCUT2D eigenvalue weighted by molar-refractivity contribution is 0.763. The Labute approximate surface area is 103 Å². The third-order valence-corrected chi connectivity index (χ3v) is 3.08. The fourth-order valence-electron chi connectivity index (χ4n) is 1.80. The van der Waals surface area contributed by atoms with Gasteiger partial charge >= 0.3 is 0 Å². The van der Waals surface area contributed by atoms with E-state index in [0.717, 1.165) is 6.54 Å². The van der Waals surface area contributed by atoms with Crippen molar-refractivity contribution < 1.29 is 0 Å². The van der Waals surface area contributed by atoms with E-state index in [-0.39, 0.29) is 0 Å². The lowest BCUT2D eigenvalue weighted by Crippen LogP contribution is -2.33. The van der Waals surface area contributed by atoms with Crippen molar-refractivity contribution in [3.63, 3.8) is 0 Å². The number of rotatable bonds is 4. The predicted octanol–water partition coefficient (Wildman–Crippen LogP) is 2.17. The van der Waals surface area contributed by atoms with Crippen LogP contribution in [0.15, 0.2) is 29.3 Å². The summed E-state index contributed by atoms with van der Waals surface area (Å²) in [6.07, 6.45) is 2.45. The summed E-state index contributed by atoms with van der Waals surface area (Å²) in [7, 11) is 0. The van der Waals surface area contributed by atoms with E-state index in [2.05, 4.69) is 48.4 Å². The van der Waals surface area contributed by atoms with Crippen LogP contribution in [0.25, 0.3) is 0 Å². The number of nitrogens with one attached hydrogen (secondary N) is 1. The fourth-order valence-corrected chi connectivity index (χ4v) is 1.80. The molecule has 0 spiro atoms. The molecule has 1 aliphatic carbocycles. The van der Waals surface area contributed by atoms with Crippen LogP contribution in [0.3, 0.4) is 0 Å². The summed E-state index contributed by atoms with van der Waals surface area (Å²) < 4.78 is 0. The van der Waals surface area contributed by atoms with Gasteiger partial charge in [-0.2, -0.15) is 0 Å². The van der Waals surface area contributed by atoms with Crippen LogP contribution in [0.1, 0.15) is 36.8 Å². The summed E-state index contributed by atoms with van der Waals surface area (Å²) in [6, 6.07) is 9.15. The SMILES string of the molecule is Cc1cccc(C(C)CN=C(N)NC2CC2)c1. The minimum absolute atomic E-state index is 0.412. The zero-order valence-electron chi connectivity index (χ0n) is 10.6. The van der Waals surface area contributed by atoms with Gasteiger partial charge in [-0.15, -0.1) is 0 Å². The van der Waals surface area contributed by atoms with Gasteiger partial charge in [-0.05, 0) is 25.3 Å². The molecule has 1 aliphatic rings. The maximum atomic E-state index is 5.81. The minimum atomic E-state index is 0.412. The topological polar surface area (TPSA) is 50.4 Å². The number of hydrogen-bond acceptors (Lipinski definition) is 1. The van der Waals surface area contributed by atoms with E-state index in [4.69, 9.17) is 5.73 Å². The lowest BCUT2D eigenvalue weighted by Gasteiger charge is -2.11. The van der Waals surface area contributed by atoms with Crippen LogP contribution in [0.5, 0.6) is 0 Å². The van der Waals surface area contributed by atoms with Gasteiger partial charge in [-0.3, -0.25) is 4.99 Å². The average molecular weight is 231 g/mol. The Bertz CT molecular complexity index is 408. The van der Waals surface area contributed by atoms with Gasteiger partial charge in [-0.25, -0.2) is 0 Å². The summed E-state index contributed by atoms with van der Waals surface area (Å²) in [6.45, 7) is 5.04. The molecule has 1 fully saturated rings. The predicted molar refractivity (Wildman–Crippen MR) is 72.2 cm³/mol. The van der Waals surface area contributed by atoms with Gasteiger partial charge in [0.25, 0.3) is 0 Å². The Kier molecular flexibility index (Phi) is 3.67. The van der Waals surface area contributed by atoms with Gasteiger partial charge in [0, 0.05) is 18.5 Å². The smallest absolute Gasteiger partial charge is 0.188 e. The minimum Gasteiger partial charge on any atom is -0.370 e. The molecule has 1 unspecified atom stereocenters. The number of nitrogens with zero attached hydrogens (tertiary/aromatic N) is 1. The molecule has 0 aliphatic heterocycles. The molecular weight excluding hydrogens is 210 g/mol. The van der Waals surface area contributed by atoms with Crippen LogP contribution in [-0.2, 0) is 0 Å². The van der Waals surface area contributed by atoms with E-state index in [1.165, 1.54) is 24.0 Å². The van der Waals surface area contributed by atoms with Crippen molar-refractivity contribution in [1.29, 1.82) is 0 Å². The first-order chi connectivity index (χ1) is 8.15. The highest BCUT2D eigenvalue weighted by Crippen LogP contribution is 2.19. The molecule has 2 rings (SSSR count). The van der Waals surface area contributed by atoms with Crippen molar-refractivity contribution in [2.75, 3.05) is 6.54 Å². The van der Waals surface area contributed by atoms with Crippen molar-refractivity contribution in [2.45, 2.75) is 38.6 Å². The van der Waals surface area contributed by atoms with Crippen LogP contribution in [-0.4, -0.2) is 18.5 Å². The maximum absolute atomic E-state index is 5.81. The molecule has 0 heterocycles. The number of hydrogen-bond donors (Lipinski definition) is 2. The second kappa shape index (κ2) is 5.21. The van der Waals surface area contributed by atoms with Crippen molar-refractivity contribution in [3.05, 3.63) is 35.4 Å². The highest BCUT2D eigenvalue weighted by atomic mass is 15.1. The zero-order chi connectivity index (χ0) is 12.3. The molecule has 1 aromatic carbocycles. The normalized spacial score (nSPS) is 17.9. The summed E-state index contributed by atoms with van der Waals surface area (Å²) in [4.78, 5) is 4.39. The fraction of sp³-hybridized carbons (Fsp3) is 0.500. The zero-order valence-corrected chi connectivity index (χ0v) is 10.6. The van der Waals surface area contributed by atoms with E-state index in [9.17, 15) is 0 Å². The van der Waals surface area contributed by atoms with E-state index >= 15 is 0 Å².